The minimum atomic E-state index is 0.557. The van der Waals surface area contributed by atoms with Crippen molar-refractivity contribution in [3.05, 3.63) is 5.89 Å². The Morgan fingerprint density at radius 2 is 1.76 bits per heavy atom. The molecule has 1 N–H and O–H groups in total. The molecule has 0 aliphatic carbocycles. The van der Waals surface area contributed by atoms with Gasteiger partial charge in [-0.3, -0.25) is 0 Å². The van der Waals surface area contributed by atoms with Crippen molar-refractivity contribution in [1.82, 2.24) is 20.4 Å². The van der Waals surface area contributed by atoms with Crippen LogP contribution >= 0.6 is 0 Å². The highest BCUT2D eigenvalue weighted by molar-refractivity contribution is 5.24. The molecule has 1 rings (SSSR count). The highest BCUT2D eigenvalue weighted by Gasteiger charge is 2.16. The lowest BCUT2D eigenvalue weighted by atomic mass is 10.2. The molecule has 0 bridgehead atoms. The molecule has 0 unspecified atom stereocenters. The van der Waals surface area contributed by atoms with Crippen molar-refractivity contribution in [2.45, 2.75) is 34.2 Å². The van der Waals surface area contributed by atoms with Crippen LogP contribution < -0.4 is 10.2 Å². The molecule has 0 aliphatic rings. The summed E-state index contributed by atoms with van der Waals surface area (Å²) in [5.74, 6) is 1.83. The van der Waals surface area contributed by atoms with E-state index in [9.17, 15) is 0 Å². The van der Waals surface area contributed by atoms with Gasteiger partial charge < -0.3 is 19.5 Å². The van der Waals surface area contributed by atoms with E-state index in [4.69, 9.17) is 4.42 Å². The minimum absolute atomic E-state index is 0.557. The number of hydrogen-bond acceptors (Lipinski definition) is 6. The van der Waals surface area contributed by atoms with Gasteiger partial charge in [-0.2, -0.15) is 0 Å². The average Bonchev–Trinajstić information content (AvgIpc) is 2.82. The molecular weight excluding hydrogens is 266 g/mol. The largest absolute Gasteiger partial charge is 0.407 e. The Labute approximate surface area is 128 Å². The van der Waals surface area contributed by atoms with Crippen molar-refractivity contribution < 1.29 is 4.42 Å². The second kappa shape index (κ2) is 9.00. The lowest BCUT2D eigenvalue weighted by Crippen LogP contribution is -2.34. The Hall–Kier alpha value is -1.14. The fourth-order valence-electron chi connectivity index (χ4n) is 1.94. The Kier molecular flexibility index (Phi) is 7.67. The molecule has 1 aromatic heterocycles. The van der Waals surface area contributed by atoms with Crippen molar-refractivity contribution in [1.29, 1.82) is 0 Å². The lowest BCUT2D eigenvalue weighted by molar-refractivity contribution is 0.393. The molecule has 0 fully saturated rings. The van der Waals surface area contributed by atoms with Gasteiger partial charge in [-0.15, -0.1) is 5.10 Å². The third-order valence-corrected chi connectivity index (χ3v) is 2.96. The molecule has 0 amide bonds. The molecule has 0 saturated heterocycles. The number of rotatable bonds is 10. The van der Waals surface area contributed by atoms with Crippen molar-refractivity contribution in [2.75, 3.05) is 45.2 Å². The molecule has 0 atom stereocenters. The lowest BCUT2D eigenvalue weighted by Gasteiger charge is -2.23. The number of likely N-dealkylation sites (N-methyl/N-ethyl adjacent to an activating group) is 1. The van der Waals surface area contributed by atoms with E-state index in [1.54, 1.807) is 0 Å². The van der Waals surface area contributed by atoms with Gasteiger partial charge in [-0.1, -0.05) is 32.8 Å². The van der Waals surface area contributed by atoms with Crippen molar-refractivity contribution >= 4 is 6.01 Å². The fraction of sp³-hybridized carbons (Fsp3) is 0.867. The third kappa shape index (κ3) is 7.43. The average molecular weight is 297 g/mol. The van der Waals surface area contributed by atoms with E-state index in [1.807, 2.05) is 0 Å². The van der Waals surface area contributed by atoms with E-state index >= 15 is 0 Å². The summed E-state index contributed by atoms with van der Waals surface area (Å²) in [6.07, 6.45) is 0. The highest BCUT2D eigenvalue weighted by Crippen LogP contribution is 2.14. The van der Waals surface area contributed by atoms with E-state index in [0.717, 1.165) is 26.2 Å². The van der Waals surface area contributed by atoms with Gasteiger partial charge in [0.1, 0.15) is 0 Å². The number of hydrogen-bond donors (Lipinski definition) is 1. The molecule has 0 aromatic carbocycles. The van der Waals surface area contributed by atoms with Gasteiger partial charge in [0.05, 0.1) is 6.54 Å². The first-order valence-corrected chi connectivity index (χ1v) is 7.81. The predicted molar refractivity (Wildman–Crippen MR) is 86.4 cm³/mol. The Morgan fingerprint density at radius 3 is 2.33 bits per heavy atom. The van der Waals surface area contributed by atoms with Crippen LogP contribution in [0.25, 0.3) is 0 Å². The zero-order valence-electron chi connectivity index (χ0n) is 14.4. The summed E-state index contributed by atoms with van der Waals surface area (Å²) >= 11 is 0. The monoisotopic (exact) mass is 297 g/mol. The Morgan fingerprint density at radius 1 is 1.05 bits per heavy atom. The van der Waals surface area contributed by atoms with Crippen molar-refractivity contribution in [3.63, 3.8) is 0 Å². The van der Waals surface area contributed by atoms with Gasteiger partial charge in [0.2, 0.25) is 5.89 Å². The first-order chi connectivity index (χ1) is 9.88. The maximum atomic E-state index is 5.78. The topological polar surface area (TPSA) is 57.4 Å². The van der Waals surface area contributed by atoms with Crippen LogP contribution in [-0.4, -0.2) is 55.4 Å². The summed E-state index contributed by atoms with van der Waals surface area (Å²) in [4.78, 5) is 4.33. The summed E-state index contributed by atoms with van der Waals surface area (Å²) in [5.41, 5.74) is 0. The quantitative estimate of drug-likeness (QED) is 0.711. The van der Waals surface area contributed by atoms with Gasteiger partial charge in [0.25, 0.3) is 0 Å². The molecule has 122 valence electrons. The molecule has 6 heteroatoms. The van der Waals surface area contributed by atoms with Crippen LogP contribution in [0.2, 0.25) is 0 Å². The van der Waals surface area contributed by atoms with E-state index in [-0.39, 0.29) is 0 Å². The molecule has 6 nitrogen and oxygen atoms in total. The van der Waals surface area contributed by atoms with Crippen LogP contribution in [0.3, 0.4) is 0 Å². The molecular formula is C15H31N5O. The van der Waals surface area contributed by atoms with Crippen LogP contribution in [0.4, 0.5) is 6.01 Å². The Balaban J connectivity index is 2.58. The highest BCUT2D eigenvalue weighted by atomic mass is 16.4. The molecule has 1 aromatic rings. The molecule has 0 radical (unpaired) electrons. The Bertz CT molecular complexity index is 389. The summed E-state index contributed by atoms with van der Waals surface area (Å²) in [6, 6.07) is 0.631. The summed E-state index contributed by atoms with van der Waals surface area (Å²) < 4.78 is 5.78. The van der Waals surface area contributed by atoms with Gasteiger partial charge in [0.15, 0.2) is 0 Å². The van der Waals surface area contributed by atoms with Gasteiger partial charge in [-0.05, 0) is 32.5 Å². The van der Waals surface area contributed by atoms with Crippen LogP contribution in [0, 0.1) is 11.8 Å². The van der Waals surface area contributed by atoms with E-state index < -0.39 is 0 Å². The molecule has 0 aliphatic heterocycles. The summed E-state index contributed by atoms with van der Waals surface area (Å²) in [7, 11) is 4.14. The maximum Gasteiger partial charge on any atom is 0.318 e. The predicted octanol–water partition coefficient (Wildman–Crippen LogP) is 1.84. The van der Waals surface area contributed by atoms with Gasteiger partial charge in [0, 0.05) is 19.6 Å². The second-order valence-electron chi connectivity index (χ2n) is 6.65. The second-order valence-corrected chi connectivity index (χ2v) is 6.65. The van der Waals surface area contributed by atoms with Crippen LogP contribution in [-0.2, 0) is 6.54 Å². The smallest absolute Gasteiger partial charge is 0.318 e. The number of aromatic nitrogens is 2. The zero-order valence-corrected chi connectivity index (χ0v) is 14.4. The number of nitrogens with zero attached hydrogens (tertiary/aromatic N) is 4. The normalized spacial score (nSPS) is 11.9. The molecule has 1 heterocycles. The van der Waals surface area contributed by atoms with Crippen LogP contribution in [0.1, 0.15) is 33.6 Å². The molecule has 0 saturated carbocycles. The van der Waals surface area contributed by atoms with Gasteiger partial charge >= 0.3 is 6.01 Å². The SMILES string of the molecule is CC(C)CNCc1nnc(N(CCN(C)C)CC(C)C)o1. The van der Waals surface area contributed by atoms with Crippen LogP contribution in [0.5, 0.6) is 0 Å². The van der Waals surface area contributed by atoms with E-state index in [0.29, 0.717) is 30.3 Å². The minimum Gasteiger partial charge on any atom is -0.407 e. The van der Waals surface area contributed by atoms with E-state index in [1.165, 1.54) is 0 Å². The number of nitrogens with one attached hydrogen (secondary N) is 1. The first kappa shape index (κ1) is 17.9. The molecule has 21 heavy (non-hydrogen) atoms. The van der Waals surface area contributed by atoms with E-state index in [2.05, 4.69) is 67.1 Å². The van der Waals surface area contributed by atoms with Crippen molar-refractivity contribution in [3.8, 4) is 0 Å². The standard InChI is InChI=1S/C15H31N5O/c1-12(2)9-16-10-14-17-18-15(21-14)20(11-13(3)4)8-7-19(5)6/h12-13,16H,7-11H2,1-6H3. The first-order valence-electron chi connectivity index (χ1n) is 7.81. The molecule has 0 spiro atoms. The van der Waals surface area contributed by atoms with Crippen molar-refractivity contribution in [2.24, 2.45) is 11.8 Å². The third-order valence-electron chi connectivity index (χ3n) is 2.96. The summed E-state index contributed by atoms with van der Waals surface area (Å²) in [5, 5.41) is 11.7. The van der Waals surface area contributed by atoms with Gasteiger partial charge in [-0.25, -0.2) is 0 Å². The maximum absolute atomic E-state index is 5.78. The zero-order chi connectivity index (χ0) is 15.8. The summed E-state index contributed by atoms with van der Waals surface area (Å²) in [6.45, 7) is 13.1. The van der Waals surface area contributed by atoms with Crippen LogP contribution in [0.15, 0.2) is 4.42 Å². The number of anilines is 1. The fourth-order valence-corrected chi connectivity index (χ4v) is 1.94.